The SMILES string of the molecule is Cc1cc(CNCc2cc(F)ccc2O)on1. The summed E-state index contributed by atoms with van der Waals surface area (Å²) in [5.74, 6) is 0.418. The number of nitrogens with zero attached hydrogens (tertiary/aromatic N) is 1. The van der Waals surface area contributed by atoms with E-state index in [0.29, 0.717) is 24.4 Å². The molecule has 0 saturated heterocycles. The minimum absolute atomic E-state index is 0.0765. The first-order chi connectivity index (χ1) is 8.15. The summed E-state index contributed by atoms with van der Waals surface area (Å²) in [4.78, 5) is 0. The summed E-state index contributed by atoms with van der Waals surface area (Å²) >= 11 is 0. The second-order valence-electron chi connectivity index (χ2n) is 3.81. The van der Waals surface area contributed by atoms with Gasteiger partial charge in [0.25, 0.3) is 0 Å². The van der Waals surface area contributed by atoms with Crippen molar-refractivity contribution in [3.05, 3.63) is 47.1 Å². The van der Waals surface area contributed by atoms with E-state index in [1.54, 1.807) is 0 Å². The van der Waals surface area contributed by atoms with Gasteiger partial charge in [0.1, 0.15) is 11.6 Å². The number of aryl methyl sites for hydroxylation is 1. The summed E-state index contributed by atoms with van der Waals surface area (Å²) in [6.07, 6.45) is 0. The van der Waals surface area contributed by atoms with Gasteiger partial charge in [0.2, 0.25) is 0 Å². The molecule has 0 atom stereocenters. The van der Waals surface area contributed by atoms with E-state index in [1.807, 2.05) is 13.0 Å². The van der Waals surface area contributed by atoms with Crippen LogP contribution < -0.4 is 5.32 Å². The molecule has 0 aliphatic heterocycles. The van der Waals surface area contributed by atoms with Crippen molar-refractivity contribution in [3.8, 4) is 5.75 Å². The molecular weight excluding hydrogens is 223 g/mol. The van der Waals surface area contributed by atoms with Crippen molar-refractivity contribution in [2.45, 2.75) is 20.0 Å². The highest BCUT2D eigenvalue weighted by atomic mass is 19.1. The average Bonchev–Trinajstić information content (AvgIpc) is 2.69. The number of benzene rings is 1. The van der Waals surface area contributed by atoms with Gasteiger partial charge in [-0.25, -0.2) is 4.39 Å². The van der Waals surface area contributed by atoms with Gasteiger partial charge in [-0.05, 0) is 25.1 Å². The van der Waals surface area contributed by atoms with Crippen LogP contribution in [0.5, 0.6) is 5.75 Å². The van der Waals surface area contributed by atoms with Crippen LogP contribution in [0.3, 0.4) is 0 Å². The maximum Gasteiger partial charge on any atom is 0.150 e. The van der Waals surface area contributed by atoms with Gasteiger partial charge < -0.3 is 14.9 Å². The lowest BCUT2D eigenvalue weighted by Gasteiger charge is -2.05. The molecule has 2 rings (SSSR count). The summed E-state index contributed by atoms with van der Waals surface area (Å²) in [5, 5.41) is 16.3. The third-order valence-electron chi connectivity index (χ3n) is 2.33. The number of phenolic OH excluding ortho intramolecular Hbond substituents is 1. The van der Waals surface area contributed by atoms with E-state index in [-0.39, 0.29) is 11.6 Å². The lowest BCUT2D eigenvalue weighted by Crippen LogP contribution is -2.12. The van der Waals surface area contributed by atoms with Crippen molar-refractivity contribution in [2.75, 3.05) is 0 Å². The minimum atomic E-state index is -0.366. The Balaban J connectivity index is 1.91. The zero-order valence-corrected chi connectivity index (χ0v) is 9.40. The van der Waals surface area contributed by atoms with Gasteiger partial charge in [-0.1, -0.05) is 5.16 Å². The summed E-state index contributed by atoms with van der Waals surface area (Å²) in [6, 6.07) is 5.68. The van der Waals surface area contributed by atoms with Gasteiger partial charge in [-0.3, -0.25) is 0 Å². The van der Waals surface area contributed by atoms with Crippen molar-refractivity contribution in [1.82, 2.24) is 10.5 Å². The van der Waals surface area contributed by atoms with Crippen LogP contribution in [0.4, 0.5) is 4.39 Å². The zero-order chi connectivity index (χ0) is 12.3. The van der Waals surface area contributed by atoms with Gasteiger partial charge in [-0.2, -0.15) is 0 Å². The van der Waals surface area contributed by atoms with E-state index in [0.717, 1.165) is 5.69 Å². The van der Waals surface area contributed by atoms with E-state index < -0.39 is 0 Å². The average molecular weight is 236 g/mol. The Bertz CT molecular complexity index is 511. The maximum absolute atomic E-state index is 12.9. The maximum atomic E-state index is 12.9. The number of aromatic hydroxyl groups is 1. The molecule has 17 heavy (non-hydrogen) atoms. The monoisotopic (exact) mass is 236 g/mol. The molecule has 0 amide bonds. The second kappa shape index (κ2) is 4.97. The molecule has 0 bridgehead atoms. The van der Waals surface area contributed by atoms with Crippen LogP contribution in [0.15, 0.2) is 28.8 Å². The van der Waals surface area contributed by atoms with Gasteiger partial charge in [0.05, 0.1) is 12.2 Å². The summed E-state index contributed by atoms with van der Waals surface area (Å²) in [7, 11) is 0. The first-order valence-corrected chi connectivity index (χ1v) is 5.25. The molecule has 0 radical (unpaired) electrons. The quantitative estimate of drug-likeness (QED) is 0.853. The third kappa shape index (κ3) is 3.04. The van der Waals surface area contributed by atoms with Crippen LogP contribution in [0.1, 0.15) is 17.0 Å². The Morgan fingerprint density at radius 2 is 2.18 bits per heavy atom. The van der Waals surface area contributed by atoms with E-state index in [1.165, 1.54) is 18.2 Å². The van der Waals surface area contributed by atoms with E-state index in [4.69, 9.17) is 4.52 Å². The molecule has 0 spiro atoms. The molecule has 1 aromatic heterocycles. The molecule has 0 aliphatic rings. The molecule has 1 heterocycles. The molecule has 2 aromatic rings. The fourth-order valence-electron chi connectivity index (χ4n) is 1.52. The standard InChI is InChI=1S/C12H13FN2O2/c1-8-4-11(17-15-8)7-14-6-9-5-10(13)2-3-12(9)16/h2-5,14,16H,6-7H2,1H3. The highest BCUT2D eigenvalue weighted by Crippen LogP contribution is 2.17. The van der Waals surface area contributed by atoms with E-state index in [2.05, 4.69) is 10.5 Å². The fraction of sp³-hybridized carbons (Fsp3) is 0.250. The molecule has 0 aliphatic carbocycles. The van der Waals surface area contributed by atoms with Gasteiger partial charge in [-0.15, -0.1) is 0 Å². The number of hydrogen-bond acceptors (Lipinski definition) is 4. The first kappa shape index (κ1) is 11.6. The first-order valence-electron chi connectivity index (χ1n) is 5.25. The molecule has 0 fully saturated rings. The number of aromatic nitrogens is 1. The summed E-state index contributed by atoms with van der Waals surface area (Å²) in [5.41, 5.74) is 1.33. The van der Waals surface area contributed by atoms with Crippen LogP contribution in [0.25, 0.3) is 0 Å². The number of halogens is 1. The Morgan fingerprint density at radius 1 is 1.35 bits per heavy atom. The summed E-state index contributed by atoms with van der Waals surface area (Å²) < 4.78 is 17.9. The number of hydrogen-bond donors (Lipinski definition) is 2. The highest BCUT2D eigenvalue weighted by Gasteiger charge is 2.04. The molecule has 90 valence electrons. The largest absolute Gasteiger partial charge is 0.508 e. The predicted octanol–water partition coefficient (Wildman–Crippen LogP) is 2.12. The lowest BCUT2D eigenvalue weighted by atomic mass is 10.2. The second-order valence-corrected chi connectivity index (χ2v) is 3.81. The van der Waals surface area contributed by atoms with E-state index >= 15 is 0 Å². The minimum Gasteiger partial charge on any atom is -0.508 e. The lowest BCUT2D eigenvalue weighted by molar-refractivity contribution is 0.368. The molecular formula is C12H13FN2O2. The van der Waals surface area contributed by atoms with Crippen LogP contribution in [0, 0.1) is 12.7 Å². The van der Waals surface area contributed by atoms with Crippen molar-refractivity contribution in [3.63, 3.8) is 0 Å². The van der Waals surface area contributed by atoms with Crippen molar-refractivity contribution in [2.24, 2.45) is 0 Å². The summed E-state index contributed by atoms with van der Waals surface area (Å²) in [6.45, 7) is 2.69. The van der Waals surface area contributed by atoms with Crippen LogP contribution >= 0.6 is 0 Å². The Kier molecular flexibility index (Phi) is 3.39. The zero-order valence-electron chi connectivity index (χ0n) is 9.40. The smallest absolute Gasteiger partial charge is 0.150 e. The van der Waals surface area contributed by atoms with Gasteiger partial charge in [0.15, 0.2) is 5.76 Å². The predicted molar refractivity (Wildman–Crippen MR) is 59.8 cm³/mol. The molecule has 4 nitrogen and oxygen atoms in total. The molecule has 5 heteroatoms. The third-order valence-corrected chi connectivity index (χ3v) is 2.33. The Morgan fingerprint density at radius 3 is 2.88 bits per heavy atom. The van der Waals surface area contributed by atoms with Gasteiger partial charge in [0, 0.05) is 18.2 Å². The number of rotatable bonds is 4. The Labute approximate surface area is 98.1 Å². The van der Waals surface area contributed by atoms with Crippen LogP contribution in [-0.2, 0) is 13.1 Å². The number of phenols is 1. The molecule has 1 aromatic carbocycles. The van der Waals surface area contributed by atoms with Gasteiger partial charge >= 0.3 is 0 Å². The van der Waals surface area contributed by atoms with E-state index in [9.17, 15) is 9.50 Å². The normalized spacial score (nSPS) is 10.7. The molecule has 0 saturated carbocycles. The molecule has 0 unspecified atom stereocenters. The Hall–Kier alpha value is -1.88. The molecule has 2 N–H and O–H groups in total. The number of nitrogens with one attached hydrogen (secondary N) is 1. The highest BCUT2D eigenvalue weighted by molar-refractivity contribution is 5.32. The van der Waals surface area contributed by atoms with Crippen molar-refractivity contribution < 1.29 is 14.0 Å². The fourth-order valence-corrected chi connectivity index (χ4v) is 1.52. The van der Waals surface area contributed by atoms with Crippen molar-refractivity contribution in [1.29, 1.82) is 0 Å². The topological polar surface area (TPSA) is 58.3 Å². The van der Waals surface area contributed by atoms with Crippen LogP contribution in [-0.4, -0.2) is 10.3 Å². The van der Waals surface area contributed by atoms with Crippen molar-refractivity contribution >= 4 is 0 Å². The van der Waals surface area contributed by atoms with Crippen LogP contribution in [0.2, 0.25) is 0 Å².